The van der Waals surface area contributed by atoms with Crippen LogP contribution < -0.4 is 5.32 Å². The monoisotopic (exact) mass is 617 g/mol. The number of carbonyl (C=O) groups is 1. The Balaban J connectivity index is 1.22. The molecule has 0 spiro atoms. The molecule has 7 nitrogen and oxygen atoms in total. The van der Waals surface area contributed by atoms with E-state index in [0.29, 0.717) is 23.0 Å². The van der Waals surface area contributed by atoms with Crippen LogP contribution in [0.2, 0.25) is 0 Å². The molecule has 0 radical (unpaired) electrons. The number of benzene rings is 4. The van der Waals surface area contributed by atoms with Gasteiger partial charge in [0.15, 0.2) is 11.4 Å². The Labute approximate surface area is 267 Å². The van der Waals surface area contributed by atoms with Crippen molar-refractivity contribution in [2.24, 2.45) is 5.92 Å². The minimum absolute atomic E-state index is 0.00315. The number of ether oxygens (including phenoxy) is 2. The SMILES string of the molecule is CC1C(CSc2ncccn2)OC(c2cccc(-c3cccc(CNC(=O)c4ccccc4)c3)c2)OC1c1ccc(CO)cc1. The quantitative estimate of drug-likeness (QED) is 0.127. The summed E-state index contributed by atoms with van der Waals surface area (Å²) in [6.07, 6.45) is 2.57. The number of nitrogens with zero attached hydrogens (tertiary/aromatic N) is 2. The molecule has 4 atom stereocenters. The fourth-order valence-corrected chi connectivity index (χ4v) is 6.39. The molecule has 5 aromatic rings. The van der Waals surface area contributed by atoms with Gasteiger partial charge in [-0.1, -0.05) is 97.5 Å². The van der Waals surface area contributed by atoms with Crippen LogP contribution in [0.5, 0.6) is 0 Å². The van der Waals surface area contributed by atoms with Crippen molar-refractivity contribution in [2.75, 3.05) is 5.75 Å². The fourth-order valence-electron chi connectivity index (χ4n) is 5.43. The summed E-state index contributed by atoms with van der Waals surface area (Å²) in [6.45, 7) is 2.57. The average molecular weight is 618 g/mol. The lowest BCUT2D eigenvalue weighted by atomic mass is 9.91. The first-order valence-electron chi connectivity index (χ1n) is 15.0. The van der Waals surface area contributed by atoms with Gasteiger partial charge in [0, 0.05) is 41.7 Å². The van der Waals surface area contributed by atoms with Gasteiger partial charge in [-0.25, -0.2) is 9.97 Å². The maximum atomic E-state index is 12.6. The molecule has 4 aromatic carbocycles. The molecule has 4 unspecified atom stereocenters. The smallest absolute Gasteiger partial charge is 0.251 e. The highest BCUT2D eigenvalue weighted by Crippen LogP contribution is 2.43. The van der Waals surface area contributed by atoms with Crippen molar-refractivity contribution >= 4 is 17.7 Å². The number of hydrogen-bond donors (Lipinski definition) is 2. The van der Waals surface area contributed by atoms with Crippen molar-refractivity contribution in [1.82, 2.24) is 15.3 Å². The van der Waals surface area contributed by atoms with Crippen molar-refractivity contribution in [3.05, 3.63) is 149 Å². The Hall–Kier alpha value is -4.34. The van der Waals surface area contributed by atoms with Crippen molar-refractivity contribution < 1.29 is 19.4 Å². The van der Waals surface area contributed by atoms with Crippen LogP contribution >= 0.6 is 11.8 Å². The van der Waals surface area contributed by atoms with Gasteiger partial charge in [0.25, 0.3) is 5.91 Å². The van der Waals surface area contributed by atoms with Crippen LogP contribution in [0.25, 0.3) is 11.1 Å². The van der Waals surface area contributed by atoms with Crippen LogP contribution in [0.4, 0.5) is 0 Å². The van der Waals surface area contributed by atoms with Crippen molar-refractivity contribution in [2.45, 2.75) is 43.7 Å². The Morgan fingerprint density at radius 1 is 0.800 bits per heavy atom. The van der Waals surface area contributed by atoms with E-state index < -0.39 is 6.29 Å². The maximum Gasteiger partial charge on any atom is 0.251 e. The zero-order valence-corrected chi connectivity index (χ0v) is 25.8. The third-order valence-electron chi connectivity index (χ3n) is 7.95. The lowest BCUT2D eigenvalue weighted by Gasteiger charge is -2.41. The first kappa shape index (κ1) is 30.7. The highest BCUT2D eigenvalue weighted by atomic mass is 32.2. The van der Waals surface area contributed by atoms with Crippen LogP contribution in [0.15, 0.2) is 127 Å². The third-order valence-corrected chi connectivity index (χ3v) is 8.91. The first-order valence-corrected chi connectivity index (χ1v) is 16.0. The van der Waals surface area contributed by atoms with Gasteiger partial charge in [-0.05, 0) is 58.1 Å². The minimum atomic E-state index is -0.584. The van der Waals surface area contributed by atoms with E-state index in [9.17, 15) is 9.90 Å². The van der Waals surface area contributed by atoms with Crippen molar-refractivity contribution in [1.29, 1.82) is 0 Å². The predicted octanol–water partition coefficient (Wildman–Crippen LogP) is 7.15. The van der Waals surface area contributed by atoms with Crippen LogP contribution in [-0.2, 0) is 22.6 Å². The van der Waals surface area contributed by atoms with Gasteiger partial charge in [0.1, 0.15) is 0 Å². The van der Waals surface area contributed by atoms with E-state index in [0.717, 1.165) is 33.4 Å². The third kappa shape index (κ3) is 7.67. The second-order valence-corrected chi connectivity index (χ2v) is 12.0. The first-order chi connectivity index (χ1) is 22.1. The molecular weight excluding hydrogens is 582 g/mol. The number of amides is 1. The van der Waals surface area contributed by atoms with E-state index in [1.165, 1.54) is 0 Å². The standard InChI is InChI=1S/C37H35N3O4S/c1-25-33(24-45-37-38-18-7-19-39-37)43-36(44-34(25)28-16-14-26(23-41)15-17-28)32-13-6-12-31(21-32)30-11-5-8-27(20-30)22-40-35(42)29-9-3-2-4-10-29/h2-21,25,33-34,36,41H,22-24H2,1H3,(H,40,42). The molecule has 8 heteroatoms. The molecule has 0 bridgehead atoms. The molecule has 1 saturated heterocycles. The van der Waals surface area contributed by atoms with Crippen LogP contribution in [-0.4, -0.2) is 32.8 Å². The van der Waals surface area contributed by atoms with Crippen molar-refractivity contribution in [3.63, 3.8) is 0 Å². The average Bonchev–Trinajstić information content (AvgIpc) is 3.11. The number of aromatic nitrogens is 2. The van der Waals surface area contributed by atoms with Gasteiger partial charge in [0.05, 0.1) is 18.8 Å². The molecule has 1 amide bonds. The Morgan fingerprint density at radius 3 is 2.29 bits per heavy atom. The van der Waals surface area contributed by atoms with Gasteiger partial charge in [-0.15, -0.1) is 0 Å². The summed E-state index contributed by atoms with van der Waals surface area (Å²) in [5.41, 5.74) is 6.54. The van der Waals surface area contributed by atoms with Gasteiger partial charge in [0.2, 0.25) is 0 Å². The van der Waals surface area contributed by atoms with E-state index in [2.05, 4.69) is 46.5 Å². The molecule has 1 fully saturated rings. The normalized spacial score (nSPS) is 19.6. The second-order valence-electron chi connectivity index (χ2n) is 11.0. The molecule has 0 aliphatic carbocycles. The van der Waals surface area contributed by atoms with Crippen LogP contribution in [0.3, 0.4) is 0 Å². The number of aliphatic hydroxyl groups excluding tert-OH is 1. The number of hydrogen-bond acceptors (Lipinski definition) is 7. The van der Waals surface area contributed by atoms with Crippen LogP contribution in [0.1, 0.15) is 51.9 Å². The number of rotatable bonds is 10. The zero-order valence-electron chi connectivity index (χ0n) is 25.0. The molecule has 6 rings (SSSR count). The Bertz CT molecular complexity index is 1700. The van der Waals surface area contributed by atoms with E-state index in [4.69, 9.17) is 9.47 Å². The lowest BCUT2D eigenvalue weighted by Crippen LogP contribution is -2.38. The molecule has 0 saturated carbocycles. The van der Waals surface area contributed by atoms with Gasteiger partial charge in [-0.3, -0.25) is 4.79 Å². The number of carbonyl (C=O) groups excluding carboxylic acids is 1. The summed E-state index contributed by atoms with van der Waals surface area (Å²) in [6, 6.07) is 35.4. The molecule has 1 aliphatic rings. The summed E-state index contributed by atoms with van der Waals surface area (Å²) < 4.78 is 13.3. The topological polar surface area (TPSA) is 93.6 Å². The minimum Gasteiger partial charge on any atom is -0.392 e. The number of aliphatic hydroxyl groups is 1. The van der Waals surface area contributed by atoms with E-state index in [1.807, 2.05) is 72.8 Å². The largest absolute Gasteiger partial charge is 0.392 e. The highest BCUT2D eigenvalue weighted by molar-refractivity contribution is 7.99. The van der Waals surface area contributed by atoms with Gasteiger partial charge in [-0.2, -0.15) is 0 Å². The second kappa shape index (κ2) is 14.6. The molecule has 45 heavy (non-hydrogen) atoms. The summed E-state index contributed by atoms with van der Waals surface area (Å²) >= 11 is 1.57. The lowest BCUT2D eigenvalue weighted by molar-refractivity contribution is -0.268. The number of thioether (sulfide) groups is 1. The maximum absolute atomic E-state index is 12.6. The Kier molecular flexibility index (Phi) is 9.97. The Morgan fingerprint density at radius 2 is 1.53 bits per heavy atom. The summed E-state index contributed by atoms with van der Waals surface area (Å²) in [5.74, 6) is 0.631. The molecule has 2 N–H and O–H groups in total. The summed E-state index contributed by atoms with van der Waals surface area (Å²) in [7, 11) is 0. The molecular formula is C37H35N3O4S. The van der Waals surface area contributed by atoms with E-state index in [-0.39, 0.29) is 30.6 Å². The van der Waals surface area contributed by atoms with E-state index in [1.54, 1.807) is 36.3 Å². The molecule has 1 aromatic heterocycles. The van der Waals surface area contributed by atoms with Crippen molar-refractivity contribution in [3.8, 4) is 11.1 Å². The predicted molar refractivity (Wildman–Crippen MR) is 175 cm³/mol. The zero-order chi connectivity index (χ0) is 31.0. The number of nitrogens with one attached hydrogen (secondary N) is 1. The van der Waals surface area contributed by atoms with Crippen LogP contribution in [0, 0.1) is 5.92 Å². The molecule has 2 heterocycles. The molecule has 1 aliphatic heterocycles. The highest BCUT2D eigenvalue weighted by Gasteiger charge is 2.38. The molecule has 228 valence electrons. The summed E-state index contributed by atoms with van der Waals surface area (Å²) in [5, 5.41) is 13.3. The summed E-state index contributed by atoms with van der Waals surface area (Å²) in [4.78, 5) is 21.3. The van der Waals surface area contributed by atoms with Gasteiger partial charge < -0.3 is 19.9 Å². The van der Waals surface area contributed by atoms with Gasteiger partial charge >= 0.3 is 0 Å². The fraction of sp³-hybridized carbons (Fsp3) is 0.216. The van der Waals surface area contributed by atoms with E-state index >= 15 is 0 Å².